The number of benzene rings is 2. The quantitative estimate of drug-likeness (QED) is 0.501. The number of nitrogens with zero attached hydrogens (tertiary/aromatic N) is 2. The maximum Gasteiger partial charge on any atom is 0.242 e. The van der Waals surface area contributed by atoms with Gasteiger partial charge in [-0.05, 0) is 64.3 Å². The summed E-state index contributed by atoms with van der Waals surface area (Å²) < 4.78 is 40.7. The number of halogens is 1. The first-order chi connectivity index (χ1) is 16.3. The van der Waals surface area contributed by atoms with Crippen LogP contribution in [-0.2, 0) is 26.2 Å². The van der Waals surface area contributed by atoms with E-state index in [2.05, 4.69) is 5.32 Å². The van der Waals surface area contributed by atoms with Crippen LogP contribution >= 0.6 is 0 Å². The summed E-state index contributed by atoms with van der Waals surface area (Å²) in [5.74, 6) is -1.15. The molecule has 7 nitrogen and oxygen atoms in total. The van der Waals surface area contributed by atoms with Crippen LogP contribution in [0.3, 0.4) is 0 Å². The fraction of sp³-hybridized carbons (Fsp3) is 0.462. The van der Waals surface area contributed by atoms with Gasteiger partial charge in [-0.3, -0.25) is 13.9 Å². The second kappa shape index (κ2) is 12.2. The van der Waals surface area contributed by atoms with E-state index in [0.717, 1.165) is 17.4 Å². The summed E-state index contributed by atoms with van der Waals surface area (Å²) in [7, 11) is -3.58. The molecular weight excluding hydrogens is 469 g/mol. The highest BCUT2D eigenvalue weighted by atomic mass is 32.2. The number of hydrogen-bond donors (Lipinski definition) is 1. The van der Waals surface area contributed by atoms with Crippen LogP contribution in [0.1, 0.15) is 50.3 Å². The van der Waals surface area contributed by atoms with Gasteiger partial charge in [0.15, 0.2) is 0 Å². The fourth-order valence-corrected chi connectivity index (χ4v) is 4.78. The molecule has 0 saturated carbocycles. The van der Waals surface area contributed by atoms with Gasteiger partial charge in [0, 0.05) is 31.1 Å². The third kappa shape index (κ3) is 8.06. The molecule has 2 amide bonds. The van der Waals surface area contributed by atoms with Crippen molar-refractivity contribution in [1.82, 2.24) is 10.2 Å². The van der Waals surface area contributed by atoms with Gasteiger partial charge in [-0.25, -0.2) is 12.8 Å². The van der Waals surface area contributed by atoms with E-state index in [1.807, 2.05) is 39.8 Å². The van der Waals surface area contributed by atoms with Crippen molar-refractivity contribution >= 4 is 27.5 Å². The van der Waals surface area contributed by atoms with Gasteiger partial charge in [-0.1, -0.05) is 30.3 Å². The van der Waals surface area contributed by atoms with Gasteiger partial charge in [0.05, 0.1) is 11.9 Å². The Kier molecular flexibility index (Phi) is 9.82. The standard InChI is InChI=1S/C26H36FN3O4S/c1-18(2)28-26(32)21(5)29(17-22-10-7-8-11-23(22)27)25(31)12-9-15-30(35(6,33)34)24-16-19(3)13-14-20(24)4/h7-8,10-11,13-14,16,18,21H,9,12,15,17H2,1-6H3,(H,28,32)/t21-/m1/s1. The van der Waals surface area contributed by atoms with E-state index >= 15 is 0 Å². The largest absolute Gasteiger partial charge is 0.352 e. The summed E-state index contributed by atoms with van der Waals surface area (Å²) in [6.45, 7) is 9.01. The van der Waals surface area contributed by atoms with Crippen LogP contribution in [0.2, 0.25) is 0 Å². The molecule has 2 aromatic rings. The van der Waals surface area contributed by atoms with Crippen molar-refractivity contribution in [2.45, 2.75) is 66.1 Å². The SMILES string of the molecule is Cc1ccc(C)c(N(CCCC(=O)N(Cc2ccccc2F)[C@H](C)C(=O)NC(C)C)S(C)(=O)=O)c1. The molecule has 0 unspecified atom stereocenters. The first-order valence-electron chi connectivity index (χ1n) is 11.7. The predicted octanol–water partition coefficient (Wildman–Crippen LogP) is 3.93. The zero-order valence-corrected chi connectivity index (χ0v) is 22.2. The normalized spacial score (nSPS) is 12.3. The fourth-order valence-electron chi connectivity index (χ4n) is 3.77. The zero-order valence-electron chi connectivity index (χ0n) is 21.3. The Morgan fingerprint density at radius 1 is 1.06 bits per heavy atom. The minimum Gasteiger partial charge on any atom is -0.352 e. The Hall–Kier alpha value is -2.94. The Labute approximate surface area is 208 Å². The lowest BCUT2D eigenvalue weighted by molar-refractivity contribution is -0.140. The van der Waals surface area contributed by atoms with Crippen molar-refractivity contribution in [2.24, 2.45) is 0 Å². The average Bonchev–Trinajstić information content (AvgIpc) is 2.76. The molecule has 0 fully saturated rings. The Balaban J connectivity index is 2.22. The van der Waals surface area contributed by atoms with Crippen molar-refractivity contribution in [3.05, 3.63) is 65.0 Å². The van der Waals surface area contributed by atoms with Gasteiger partial charge in [-0.2, -0.15) is 0 Å². The van der Waals surface area contributed by atoms with Crippen molar-refractivity contribution in [3.8, 4) is 0 Å². The lowest BCUT2D eigenvalue weighted by atomic mass is 10.1. The highest BCUT2D eigenvalue weighted by Gasteiger charge is 2.27. The van der Waals surface area contributed by atoms with Gasteiger partial charge in [0.25, 0.3) is 0 Å². The third-order valence-corrected chi connectivity index (χ3v) is 6.86. The molecule has 2 rings (SSSR count). The van der Waals surface area contributed by atoms with Crippen molar-refractivity contribution in [2.75, 3.05) is 17.1 Å². The number of aryl methyl sites for hydroxylation is 2. The van der Waals surface area contributed by atoms with Crippen LogP contribution in [0.5, 0.6) is 0 Å². The summed E-state index contributed by atoms with van der Waals surface area (Å²) in [5.41, 5.74) is 2.62. The maximum atomic E-state index is 14.3. The number of carbonyl (C=O) groups is 2. The van der Waals surface area contributed by atoms with E-state index in [0.29, 0.717) is 11.3 Å². The number of rotatable bonds is 11. The molecule has 0 radical (unpaired) electrons. The zero-order chi connectivity index (χ0) is 26.3. The first kappa shape index (κ1) is 28.3. The highest BCUT2D eigenvalue weighted by Crippen LogP contribution is 2.25. The van der Waals surface area contributed by atoms with Gasteiger partial charge >= 0.3 is 0 Å². The molecular formula is C26H36FN3O4S. The minimum atomic E-state index is -3.58. The molecule has 192 valence electrons. The Bertz CT molecular complexity index is 1150. The number of carbonyl (C=O) groups excluding carboxylic acids is 2. The number of amides is 2. The van der Waals surface area contributed by atoms with Gasteiger partial charge in [0.2, 0.25) is 21.8 Å². The molecule has 0 aliphatic heterocycles. The molecule has 0 saturated heterocycles. The molecule has 2 aromatic carbocycles. The molecule has 1 N–H and O–H groups in total. The topological polar surface area (TPSA) is 86.8 Å². The van der Waals surface area contributed by atoms with Crippen molar-refractivity contribution < 1.29 is 22.4 Å². The van der Waals surface area contributed by atoms with Crippen molar-refractivity contribution in [1.29, 1.82) is 0 Å². The monoisotopic (exact) mass is 505 g/mol. The number of sulfonamides is 1. The van der Waals surface area contributed by atoms with E-state index in [1.165, 1.54) is 15.3 Å². The second-order valence-corrected chi connectivity index (χ2v) is 11.1. The summed E-state index contributed by atoms with van der Waals surface area (Å²) in [6.07, 6.45) is 1.38. The average molecular weight is 506 g/mol. The van der Waals surface area contributed by atoms with Crippen LogP contribution in [0.4, 0.5) is 10.1 Å². The summed E-state index contributed by atoms with van der Waals surface area (Å²) in [4.78, 5) is 27.2. The van der Waals surface area contributed by atoms with Gasteiger partial charge < -0.3 is 10.2 Å². The van der Waals surface area contributed by atoms with Crippen LogP contribution in [0.15, 0.2) is 42.5 Å². The van der Waals surface area contributed by atoms with E-state index < -0.39 is 21.9 Å². The number of anilines is 1. The van der Waals surface area contributed by atoms with E-state index in [1.54, 1.807) is 31.2 Å². The number of nitrogens with one attached hydrogen (secondary N) is 1. The Morgan fingerprint density at radius 2 is 1.71 bits per heavy atom. The molecule has 0 heterocycles. The predicted molar refractivity (Wildman–Crippen MR) is 137 cm³/mol. The molecule has 35 heavy (non-hydrogen) atoms. The Morgan fingerprint density at radius 3 is 2.31 bits per heavy atom. The molecule has 0 aliphatic carbocycles. The van der Waals surface area contributed by atoms with Crippen molar-refractivity contribution in [3.63, 3.8) is 0 Å². The smallest absolute Gasteiger partial charge is 0.242 e. The molecule has 0 bridgehead atoms. The van der Waals surface area contributed by atoms with Crippen LogP contribution in [0.25, 0.3) is 0 Å². The van der Waals surface area contributed by atoms with Crippen LogP contribution in [-0.4, -0.2) is 50.0 Å². The first-order valence-corrected chi connectivity index (χ1v) is 13.5. The lowest BCUT2D eigenvalue weighted by Crippen LogP contribution is -2.49. The molecule has 0 aliphatic rings. The van der Waals surface area contributed by atoms with E-state index in [9.17, 15) is 22.4 Å². The second-order valence-electron chi connectivity index (χ2n) is 9.18. The highest BCUT2D eigenvalue weighted by molar-refractivity contribution is 7.92. The maximum absolute atomic E-state index is 14.3. The lowest BCUT2D eigenvalue weighted by Gasteiger charge is -2.30. The minimum absolute atomic E-state index is 0.00460. The van der Waals surface area contributed by atoms with Gasteiger partial charge in [0.1, 0.15) is 11.9 Å². The van der Waals surface area contributed by atoms with Crippen LogP contribution in [0, 0.1) is 19.7 Å². The van der Waals surface area contributed by atoms with E-state index in [4.69, 9.17) is 0 Å². The summed E-state index contributed by atoms with van der Waals surface area (Å²) in [5, 5.41) is 2.79. The summed E-state index contributed by atoms with van der Waals surface area (Å²) >= 11 is 0. The summed E-state index contributed by atoms with van der Waals surface area (Å²) in [6, 6.07) is 10.8. The van der Waals surface area contributed by atoms with Gasteiger partial charge in [-0.15, -0.1) is 0 Å². The molecule has 0 aromatic heterocycles. The third-order valence-electron chi connectivity index (χ3n) is 5.68. The number of hydrogen-bond acceptors (Lipinski definition) is 4. The molecule has 1 atom stereocenters. The molecule has 0 spiro atoms. The van der Waals surface area contributed by atoms with E-state index in [-0.39, 0.29) is 43.8 Å². The van der Waals surface area contributed by atoms with Crippen LogP contribution < -0.4 is 9.62 Å². The molecule has 9 heteroatoms.